The molecule has 8 nitrogen and oxygen atoms in total. The lowest BCUT2D eigenvalue weighted by Crippen LogP contribution is -2.49. The minimum absolute atomic E-state index is 0.0762. The molecule has 3 atom stereocenters. The Kier molecular flexibility index (Phi) is 9.50. The summed E-state index contributed by atoms with van der Waals surface area (Å²) in [5.74, 6) is -0.963. The van der Waals surface area contributed by atoms with E-state index in [1.807, 2.05) is 26.1 Å². The first kappa shape index (κ1) is 28.4. The fourth-order valence-electron chi connectivity index (χ4n) is 4.17. The smallest absolute Gasteiger partial charge is 0.389 e. The van der Waals surface area contributed by atoms with Crippen LogP contribution in [0.3, 0.4) is 0 Å². The maximum absolute atomic E-state index is 13.5. The number of carbonyl (C=O) groups is 2. The van der Waals surface area contributed by atoms with Gasteiger partial charge in [-0.15, -0.1) is 0 Å². The number of alkyl halides is 3. The lowest BCUT2D eigenvalue weighted by Gasteiger charge is -2.38. The second-order valence-electron chi connectivity index (χ2n) is 9.55. The van der Waals surface area contributed by atoms with Gasteiger partial charge in [0, 0.05) is 50.1 Å². The second kappa shape index (κ2) is 12.4. The van der Waals surface area contributed by atoms with Crippen molar-refractivity contribution < 1.29 is 32.6 Å². The quantitative estimate of drug-likeness (QED) is 0.522. The predicted octanol–water partition coefficient (Wildman–Crippen LogP) is 3.71. The van der Waals surface area contributed by atoms with Gasteiger partial charge in [-0.2, -0.15) is 13.2 Å². The fourth-order valence-corrected chi connectivity index (χ4v) is 4.17. The normalized spacial score (nSPS) is 19.0. The van der Waals surface area contributed by atoms with Crippen molar-refractivity contribution in [3.63, 3.8) is 0 Å². The van der Waals surface area contributed by atoms with E-state index in [0.29, 0.717) is 25.4 Å². The van der Waals surface area contributed by atoms with Crippen molar-refractivity contribution in [3.05, 3.63) is 53.9 Å². The maximum Gasteiger partial charge on any atom is 0.389 e. The van der Waals surface area contributed by atoms with E-state index >= 15 is 0 Å². The average molecular weight is 523 g/mol. The van der Waals surface area contributed by atoms with Gasteiger partial charge in [-0.25, -0.2) is 0 Å². The van der Waals surface area contributed by atoms with Crippen LogP contribution in [0.2, 0.25) is 0 Å². The van der Waals surface area contributed by atoms with Crippen molar-refractivity contribution in [2.24, 2.45) is 5.92 Å². The van der Waals surface area contributed by atoms with Crippen LogP contribution in [-0.2, 0) is 11.3 Å². The number of amides is 2. The summed E-state index contributed by atoms with van der Waals surface area (Å²) in [4.78, 5) is 33.2. The molecule has 0 aliphatic carbocycles. The number of fused-ring (bicyclic) bond motifs is 1. The van der Waals surface area contributed by atoms with Crippen LogP contribution in [0.15, 0.2) is 42.7 Å². The molecule has 1 aromatic heterocycles. The molecule has 2 amide bonds. The number of aliphatic hydroxyl groups is 1. The summed E-state index contributed by atoms with van der Waals surface area (Å²) in [6.07, 6.45) is -3.24. The Hall–Kier alpha value is -3.18. The number of nitrogens with one attached hydrogen (secondary N) is 1. The summed E-state index contributed by atoms with van der Waals surface area (Å²) >= 11 is 0. The highest BCUT2D eigenvalue weighted by Crippen LogP contribution is 2.31. The number of halogens is 3. The standard InChI is InChI=1S/C26H33F3N4O4/c1-17-13-33(18(2)16-34)25(36)21-12-20(31-24(35)6-9-26(27,28)29)4-5-22(21)37-23(17)15-32(3)14-19-7-10-30-11-8-19/h4-5,7-8,10-12,17-18,23,34H,6,9,13-16H2,1-3H3,(H,31,35)/t17-,18+,23+/m0/s1. The summed E-state index contributed by atoms with van der Waals surface area (Å²) in [6.45, 7) is 5.02. The summed E-state index contributed by atoms with van der Waals surface area (Å²) in [5.41, 5.74) is 1.45. The molecule has 0 saturated carbocycles. The van der Waals surface area contributed by atoms with E-state index in [2.05, 4.69) is 15.2 Å². The Morgan fingerprint density at radius 1 is 1.30 bits per heavy atom. The van der Waals surface area contributed by atoms with E-state index in [-0.39, 0.29) is 29.9 Å². The van der Waals surface area contributed by atoms with Crippen LogP contribution in [0.4, 0.5) is 18.9 Å². The number of rotatable bonds is 9. The van der Waals surface area contributed by atoms with Crippen LogP contribution >= 0.6 is 0 Å². The molecule has 2 aromatic rings. The van der Waals surface area contributed by atoms with Crippen molar-refractivity contribution in [2.75, 3.05) is 32.1 Å². The number of hydrogen-bond donors (Lipinski definition) is 2. The Bertz CT molecular complexity index is 1070. The van der Waals surface area contributed by atoms with E-state index in [4.69, 9.17) is 4.74 Å². The number of nitrogens with zero attached hydrogens (tertiary/aromatic N) is 3. The van der Waals surface area contributed by atoms with Crippen LogP contribution in [-0.4, -0.2) is 76.8 Å². The molecule has 0 radical (unpaired) electrons. The minimum Gasteiger partial charge on any atom is -0.488 e. The molecule has 1 aliphatic rings. The number of carbonyl (C=O) groups excluding carboxylic acids is 2. The Balaban J connectivity index is 1.84. The zero-order valence-corrected chi connectivity index (χ0v) is 21.2. The number of aliphatic hydroxyl groups excluding tert-OH is 1. The van der Waals surface area contributed by atoms with Gasteiger partial charge in [0.1, 0.15) is 11.9 Å². The zero-order valence-electron chi connectivity index (χ0n) is 21.2. The summed E-state index contributed by atoms with van der Waals surface area (Å²) in [5, 5.41) is 12.2. The lowest BCUT2D eigenvalue weighted by atomic mass is 9.99. The third-order valence-electron chi connectivity index (χ3n) is 6.28. The molecule has 2 heterocycles. The summed E-state index contributed by atoms with van der Waals surface area (Å²) in [6, 6.07) is 7.85. The molecule has 0 unspecified atom stereocenters. The van der Waals surface area contributed by atoms with Crippen molar-refractivity contribution >= 4 is 17.5 Å². The van der Waals surface area contributed by atoms with Crippen LogP contribution < -0.4 is 10.1 Å². The van der Waals surface area contributed by atoms with E-state index in [1.165, 1.54) is 12.1 Å². The van der Waals surface area contributed by atoms with Gasteiger partial charge < -0.3 is 20.1 Å². The Morgan fingerprint density at radius 2 is 2.00 bits per heavy atom. The molecule has 3 rings (SSSR count). The average Bonchev–Trinajstić information content (AvgIpc) is 2.85. The Labute approximate surface area is 214 Å². The van der Waals surface area contributed by atoms with Crippen LogP contribution in [0.25, 0.3) is 0 Å². The molecule has 202 valence electrons. The number of likely N-dealkylation sites (N-methyl/N-ethyl adjacent to an activating group) is 1. The topological polar surface area (TPSA) is 95.0 Å². The zero-order chi connectivity index (χ0) is 27.2. The van der Waals surface area contributed by atoms with Gasteiger partial charge >= 0.3 is 6.18 Å². The van der Waals surface area contributed by atoms with Gasteiger partial charge in [0.25, 0.3) is 5.91 Å². The molecule has 0 bridgehead atoms. The first-order valence-electron chi connectivity index (χ1n) is 12.1. The molecule has 0 saturated heterocycles. The molecule has 0 fully saturated rings. The van der Waals surface area contributed by atoms with Gasteiger partial charge in [-0.3, -0.25) is 19.5 Å². The number of benzene rings is 1. The molecule has 11 heteroatoms. The minimum atomic E-state index is -4.44. The molecule has 1 aromatic carbocycles. The van der Waals surface area contributed by atoms with Crippen LogP contribution in [0, 0.1) is 5.92 Å². The third kappa shape index (κ3) is 8.16. The largest absolute Gasteiger partial charge is 0.488 e. The van der Waals surface area contributed by atoms with Crippen molar-refractivity contribution in [3.8, 4) is 5.75 Å². The number of pyridine rings is 1. The highest BCUT2D eigenvalue weighted by atomic mass is 19.4. The second-order valence-corrected chi connectivity index (χ2v) is 9.55. The van der Waals surface area contributed by atoms with Crippen molar-refractivity contribution in [2.45, 2.75) is 51.6 Å². The molecule has 37 heavy (non-hydrogen) atoms. The molecular weight excluding hydrogens is 489 g/mol. The molecule has 0 spiro atoms. The van der Waals surface area contributed by atoms with Gasteiger partial charge in [0.2, 0.25) is 5.91 Å². The lowest BCUT2D eigenvalue weighted by molar-refractivity contribution is -0.142. The van der Waals surface area contributed by atoms with Crippen LogP contribution in [0.1, 0.15) is 42.6 Å². The summed E-state index contributed by atoms with van der Waals surface area (Å²) < 4.78 is 43.7. The first-order valence-corrected chi connectivity index (χ1v) is 12.1. The predicted molar refractivity (Wildman–Crippen MR) is 132 cm³/mol. The monoisotopic (exact) mass is 522 g/mol. The molecule has 1 aliphatic heterocycles. The number of ether oxygens (including phenoxy) is 1. The van der Waals surface area contributed by atoms with Crippen molar-refractivity contribution in [1.82, 2.24) is 14.8 Å². The van der Waals surface area contributed by atoms with E-state index < -0.39 is 36.9 Å². The van der Waals surface area contributed by atoms with E-state index in [0.717, 1.165) is 5.56 Å². The number of hydrogen-bond acceptors (Lipinski definition) is 6. The summed E-state index contributed by atoms with van der Waals surface area (Å²) in [7, 11) is 1.97. The third-order valence-corrected chi connectivity index (χ3v) is 6.28. The van der Waals surface area contributed by atoms with Crippen molar-refractivity contribution in [1.29, 1.82) is 0 Å². The van der Waals surface area contributed by atoms with Gasteiger partial charge in [0.15, 0.2) is 0 Å². The van der Waals surface area contributed by atoms with E-state index in [9.17, 15) is 27.9 Å². The van der Waals surface area contributed by atoms with Gasteiger partial charge in [0.05, 0.1) is 24.6 Å². The molecule has 2 N–H and O–H groups in total. The van der Waals surface area contributed by atoms with Gasteiger partial charge in [-0.05, 0) is 49.9 Å². The SMILES string of the molecule is C[C@H](CO)N1C[C@H](C)[C@@H](CN(C)Cc2ccncc2)Oc2ccc(NC(=O)CCC(F)(F)F)cc2C1=O. The number of anilines is 1. The maximum atomic E-state index is 13.5. The Morgan fingerprint density at radius 3 is 2.65 bits per heavy atom. The fraction of sp³-hybridized carbons (Fsp3) is 0.500. The molecular formula is C26H33F3N4O4. The first-order chi connectivity index (χ1) is 17.5. The highest BCUT2D eigenvalue weighted by molar-refractivity contribution is 5.99. The van der Waals surface area contributed by atoms with Gasteiger partial charge in [-0.1, -0.05) is 6.92 Å². The van der Waals surface area contributed by atoms with E-state index in [1.54, 1.807) is 30.3 Å². The van der Waals surface area contributed by atoms with Crippen LogP contribution in [0.5, 0.6) is 5.75 Å². The highest BCUT2D eigenvalue weighted by Gasteiger charge is 2.34. The number of aromatic nitrogens is 1.